The van der Waals surface area contributed by atoms with Crippen molar-refractivity contribution in [3.63, 3.8) is 0 Å². The van der Waals surface area contributed by atoms with E-state index in [-0.39, 0.29) is 16.2 Å². The molecule has 0 saturated heterocycles. The summed E-state index contributed by atoms with van der Waals surface area (Å²) in [6.07, 6.45) is 0. The van der Waals surface area contributed by atoms with Gasteiger partial charge in [-0.05, 0) is 43.7 Å². The molecule has 0 spiro atoms. The molecule has 8 heteroatoms. The number of carbonyl (C=O) groups is 2. The third-order valence-corrected chi connectivity index (χ3v) is 5.69. The summed E-state index contributed by atoms with van der Waals surface area (Å²) in [5.74, 6) is -1.01. The number of ketones is 1. The molecule has 27 heavy (non-hydrogen) atoms. The maximum absolute atomic E-state index is 12.2. The summed E-state index contributed by atoms with van der Waals surface area (Å²) in [7, 11) is -1.30. The molecule has 0 aromatic heterocycles. The first-order valence-corrected chi connectivity index (χ1v) is 9.51. The number of hydroxylamine groups is 1. The number of sulfonamides is 1. The van der Waals surface area contributed by atoms with Gasteiger partial charge in [0.1, 0.15) is 0 Å². The number of aryl methyl sites for hydroxylation is 2. The lowest BCUT2D eigenvalue weighted by Crippen LogP contribution is -2.25. The molecule has 2 rings (SSSR count). The van der Waals surface area contributed by atoms with Crippen molar-refractivity contribution in [3.05, 3.63) is 64.7 Å². The molecule has 0 aliphatic carbocycles. The van der Waals surface area contributed by atoms with Crippen LogP contribution in [0.3, 0.4) is 0 Å². The van der Waals surface area contributed by atoms with Gasteiger partial charge in [0.15, 0.2) is 6.61 Å². The van der Waals surface area contributed by atoms with Crippen LogP contribution in [-0.4, -0.2) is 45.4 Å². The Bertz CT molecular complexity index is 951. The Hall–Kier alpha value is -2.55. The lowest BCUT2D eigenvalue weighted by molar-refractivity contribution is -0.0258. The van der Waals surface area contributed by atoms with Crippen LogP contribution in [0.1, 0.15) is 31.8 Å². The van der Waals surface area contributed by atoms with E-state index in [1.54, 1.807) is 6.07 Å². The molecule has 2 aromatic carbocycles. The normalized spacial score (nSPS) is 11.4. The molecule has 2 aromatic rings. The number of esters is 1. The molecular formula is C19H21NO6S. The molecule has 0 saturated carbocycles. The highest BCUT2D eigenvalue weighted by atomic mass is 32.2. The Morgan fingerprint density at radius 1 is 1.04 bits per heavy atom. The van der Waals surface area contributed by atoms with E-state index in [1.807, 2.05) is 26.0 Å². The predicted molar refractivity (Wildman–Crippen MR) is 98.9 cm³/mol. The lowest BCUT2D eigenvalue weighted by atomic mass is 10.0. The molecule has 0 amide bonds. The second kappa shape index (κ2) is 8.43. The number of carbonyl (C=O) groups excluding carboxylic acids is 2. The van der Waals surface area contributed by atoms with Gasteiger partial charge < -0.3 is 4.74 Å². The van der Waals surface area contributed by atoms with Crippen molar-refractivity contribution < 1.29 is 27.6 Å². The minimum Gasteiger partial charge on any atom is -0.454 e. The van der Waals surface area contributed by atoms with Crippen LogP contribution in [0.5, 0.6) is 0 Å². The first-order valence-electron chi connectivity index (χ1n) is 8.07. The van der Waals surface area contributed by atoms with Crippen LogP contribution < -0.4 is 0 Å². The Balaban J connectivity index is 2.05. The summed E-state index contributed by atoms with van der Waals surface area (Å²) in [5, 5.41) is 0. The van der Waals surface area contributed by atoms with E-state index >= 15 is 0 Å². The number of ether oxygens (including phenoxy) is 1. The van der Waals surface area contributed by atoms with Gasteiger partial charge in [-0.25, -0.2) is 13.2 Å². The molecule has 0 aliphatic rings. The topological polar surface area (TPSA) is 90.0 Å². The van der Waals surface area contributed by atoms with Crippen molar-refractivity contribution in [2.45, 2.75) is 18.7 Å². The Morgan fingerprint density at radius 2 is 1.67 bits per heavy atom. The fraction of sp³-hybridized carbons (Fsp3) is 0.263. The van der Waals surface area contributed by atoms with Crippen LogP contribution >= 0.6 is 0 Å². The van der Waals surface area contributed by atoms with Crippen molar-refractivity contribution >= 4 is 21.8 Å². The third kappa shape index (κ3) is 4.79. The Kier molecular flexibility index (Phi) is 6.48. The lowest BCUT2D eigenvalue weighted by Gasteiger charge is -2.14. The molecule has 0 unspecified atom stereocenters. The summed E-state index contributed by atoms with van der Waals surface area (Å²) in [6.45, 7) is 3.35. The highest BCUT2D eigenvalue weighted by Crippen LogP contribution is 2.16. The number of rotatable bonds is 7. The fourth-order valence-electron chi connectivity index (χ4n) is 2.43. The van der Waals surface area contributed by atoms with E-state index < -0.39 is 22.6 Å². The molecule has 0 bridgehead atoms. The number of benzene rings is 2. The summed E-state index contributed by atoms with van der Waals surface area (Å²) in [6, 6.07) is 10.6. The van der Waals surface area contributed by atoms with Crippen molar-refractivity contribution in [1.29, 1.82) is 0 Å². The first kappa shape index (κ1) is 20.8. The summed E-state index contributed by atoms with van der Waals surface area (Å²) in [4.78, 5) is 29.0. The largest absolute Gasteiger partial charge is 0.454 e. The fourth-order valence-corrected chi connectivity index (χ4v) is 3.40. The van der Waals surface area contributed by atoms with Crippen molar-refractivity contribution in [3.8, 4) is 0 Å². The SMILES string of the molecule is CON(C)S(=O)(=O)c1ccc(C(=O)OCC(=O)c2ccc(C)cc2C)cc1. The van der Waals surface area contributed by atoms with Gasteiger partial charge in [-0.3, -0.25) is 9.63 Å². The van der Waals surface area contributed by atoms with Crippen LogP contribution in [0.4, 0.5) is 0 Å². The number of nitrogens with zero attached hydrogens (tertiary/aromatic N) is 1. The monoisotopic (exact) mass is 391 g/mol. The molecular weight excluding hydrogens is 370 g/mol. The van der Waals surface area contributed by atoms with E-state index in [4.69, 9.17) is 4.74 Å². The van der Waals surface area contributed by atoms with E-state index in [0.717, 1.165) is 11.1 Å². The van der Waals surface area contributed by atoms with Gasteiger partial charge >= 0.3 is 5.97 Å². The molecule has 144 valence electrons. The first-order chi connectivity index (χ1) is 12.7. The second-order valence-corrected chi connectivity index (χ2v) is 7.88. The number of hydrogen-bond acceptors (Lipinski definition) is 6. The predicted octanol–water partition coefficient (Wildman–Crippen LogP) is 2.53. The van der Waals surface area contributed by atoms with Crippen LogP contribution in [0.25, 0.3) is 0 Å². The molecule has 0 heterocycles. The maximum Gasteiger partial charge on any atom is 0.338 e. The molecule has 0 aliphatic heterocycles. The maximum atomic E-state index is 12.2. The zero-order chi connectivity index (χ0) is 20.2. The molecule has 0 N–H and O–H groups in total. The zero-order valence-corrected chi connectivity index (χ0v) is 16.4. The van der Waals surface area contributed by atoms with Gasteiger partial charge in [0, 0.05) is 12.6 Å². The highest BCUT2D eigenvalue weighted by molar-refractivity contribution is 7.89. The van der Waals surface area contributed by atoms with E-state index in [2.05, 4.69) is 4.84 Å². The zero-order valence-electron chi connectivity index (χ0n) is 15.6. The molecule has 0 radical (unpaired) electrons. The Morgan fingerprint density at radius 3 is 2.22 bits per heavy atom. The summed E-state index contributed by atoms with van der Waals surface area (Å²) >= 11 is 0. The molecule has 0 fully saturated rings. The van der Waals surface area contributed by atoms with E-state index in [9.17, 15) is 18.0 Å². The van der Waals surface area contributed by atoms with Crippen LogP contribution in [0, 0.1) is 13.8 Å². The molecule has 0 atom stereocenters. The van der Waals surface area contributed by atoms with Gasteiger partial charge in [0.2, 0.25) is 5.78 Å². The van der Waals surface area contributed by atoms with Gasteiger partial charge in [-0.2, -0.15) is 0 Å². The second-order valence-electron chi connectivity index (χ2n) is 5.94. The number of hydrogen-bond donors (Lipinski definition) is 0. The average Bonchev–Trinajstić information content (AvgIpc) is 2.65. The van der Waals surface area contributed by atoms with Gasteiger partial charge in [0.25, 0.3) is 10.0 Å². The van der Waals surface area contributed by atoms with Gasteiger partial charge in [-0.15, -0.1) is 0 Å². The van der Waals surface area contributed by atoms with Gasteiger partial charge in [0.05, 0.1) is 17.6 Å². The average molecular weight is 391 g/mol. The third-order valence-electron chi connectivity index (χ3n) is 4.00. The van der Waals surface area contributed by atoms with Crippen LogP contribution in [0.2, 0.25) is 0 Å². The van der Waals surface area contributed by atoms with E-state index in [1.165, 1.54) is 38.4 Å². The van der Waals surface area contributed by atoms with Crippen molar-refractivity contribution in [2.24, 2.45) is 0 Å². The smallest absolute Gasteiger partial charge is 0.338 e. The minimum absolute atomic E-state index is 0.0326. The van der Waals surface area contributed by atoms with Crippen molar-refractivity contribution in [1.82, 2.24) is 4.47 Å². The summed E-state index contributed by atoms with van der Waals surface area (Å²) < 4.78 is 30.0. The standard InChI is InChI=1S/C19H21NO6S/c1-13-5-10-17(14(2)11-13)18(21)12-26-19(22)15-6-8-16(9-7-15)27(23,24)20(3)25-4/h5-11H,12H2,1-4H3. The Labute approximate surface area is 158 Å². The van der Waals surface area contributed by atoms with Gasteiger partial charge in [-0.1, -0.05) is 28.2 Å². The van der Waals surface area contributed by atoms with E-state index in [0.29, 0.717) is 10.0 Å². The number of Topliss-reactive ketones (excluding diaryl/α,β-unsaturated/α-hetero) is 1. The minimum atomic E-state index is -3.80. The quantitative estimate of drug-likeness (QED) is 0.409. The van der Waals surface area contributed by atoms with Crippen molar-refractivity contribution in [2.75, 3.05) is 20.8 Å². The molecule has 7 nitrogen and oxygen atoms in total. The van der Waals surface area contributed by atoms with Crippen LogP contribution in [0.15, 0.2) is 47.4 Å². The van der Waals surface area contributed by atoms with Crippen LogP contribution in [-0.2, 0) is 19.6 Å². The summed E-state index contributed by atoms with van der Waals surface area (Å²) in [5.41, 5.74) is 2.49. The highest BCUT2D eigenvalue weighted by Gasteiger charge is 2.21.